The number of rotatable bonds is 8. The van der Waals surface area contributed by atoms with Crippen molar-refractivity contribution in [3.8, 4) is 0 Å². The van der Waals surface area contributed by atoms with Crippen molar-refractivity contribution in [1.29, 1.82) is 0 Å². The Hall–Kier alpha value is -0.880. The number of hydrogen-bond donors (Lipinski definition) is 2. The van der Waals surface area contributed by atoms with Crippen LogP contribution in [0.3, 0.4) is 0 Å². The van der Waals surface area contributed by atoms with Gasteiger partial charge in [-0.1, -0.05) is 11.6 Å². The van der Waals surface area contributed by atoms with Crippen LogP contribution in [0.2, 0.25) is 5.02 Å². The third-order valence-corrected chi connectivity index (χ3v) is 8.46. The first-order chi connectivity index (χ1) is 15.1. The molecule has 2 aliphatic carbocycles. The van der Waals surface area contributed by atoms with Gasteiger partial charge in [0, 0.05) is 37.0 Å². The van der Waals surface area contributed by atoms with Crippen LogP contribution in [0, 0.1) is 5.92 Å². The molecule has 32 heavy (non-hydrogen) atoms. The number of halogens is 1. The zero-order valence-corrected chi connectivity index (χ0v) is 20.3. The van der Waals surface area contributed by atoms with Crippen LogP contribution in [0.5, 0.6) is 0 Å². The second-order valence-electron chi connectivity index (χ2n) is 9.50. The summed E-state index contributed by atoms with van der Waals surface area (Å²) in [5, 5.41) is 10.9. The summed E-state index contributed by atoms with van der Waals surface area (Å²) in [7, 11) is -1.96. The number of hydrogen-bond acceptors (Lipinski definition) is 8. The molecule has 0 amide bonds. The Bertz CT molecular complexity index is 904. The maximum atomic E-state index is 11.9. The summed E-state index contributed by atoms with van der Waals surface area (Å²) in [5.41, 5.74) is 0.0188. The van der Waals surface area contributed by atoms with Crippen molar-refractivity contribution in [2.24, 2.45) is 5.92 Å². The van der Waals surface area contributed by atoms with Crippen molar-refractivity contribution in [3.05, 3.63) is 23.2 Å². The number of fused-ring (bicyclic) bond motifs is 1. The highest BCUT2D eigenvalue weighted by Gasteiger charge is 2.53. The molecular weight excluding hydrogens is 456 g/mol. The van der Waals surface area contributed by atoms with Gasteiger partial charge >= 0.3 is 0 Å². The second-order valence-corrected chi connectivity index (χ2v) is 11.7. The van der Waals surface area contributed by atoms with Gasteiger partial charge in [-0.3, -0.25) is 0 Å². The van der Waals surface area contributed by atoms with E-state index < -0.39 is 16.4 Å². The normalized spacial score (nSPS) is 36.5. The van der Waals surface area contributed by atoms with E-state index in [-0.39, 0.29) is 29.6 Å². The number of sulfonamides is 1. The van der Waals surface area contributed by atoms with Crippen molar-refractivity contribution < 1.29 is 23.0 Å². The molecule has 2 saturated carbocycles. The van der Waals surface area contributed by atoms with Gasteiger partial charge in [0.05, 0.1) is 30.0 Å². The Labute approximate surface area is 194 Å². The highest BCUT2D eigenvalue weighted by atomic mass is 35.5. The molecule has 0 spiro atoms. The van der Waals surface area contributed by atoms with Gasteiger partial charge in [-0.15, -0.1) is 0 Å². The molecule has 7 atom stereocenters. The Morgan fingerprint density at radius 2 is 2.00 bits per heavy atom. The largest absolute Gasteiger partial charge is 0.377 e. The summed E-state index contributed by atoms with van der Waals surface area (Å²) in [6, 6.07) is -0.716. The van der Waals surface area contributed by atoms with Crippen LogP contribution < -0.4 is 4.72 Å². The molecule has 3 fully saturated rings. The summed E-state index contributed by atoms with van der Waals surface area (Å²) in [4.78, 5) is 10.8. The Balaban J connectivity index is 1.41. The number of ether oxygens (including phenoxy) is 2. The molecule has 4 rings (SSSR count). The van der Waals surface area contributed by atoms with Gasteiger partial charge < -0.3 is 14.6 Å². The smallest absolute Gasteiger partial charge is 0.216 e. The van der Waals surface area contributed by atoms with E-state index in [1.807, 2.05) is 6.92 Å². The van der Waals surface area contributed by atoms with Crippen molar-refractivity contribution in [2.75, 3.05) is 20.0 Å². The fourth-order valence-corrected chi connectivity index (χ4v) is 6.77. The van der Waals surface area contributed by atoms with Crippen LogP contribution >= 0.6 is 11.6 Å². The van der Waals surface area contributed by atoms with E-state index in [1.165, 1.54) is 7.11 Å². The Morgan fingerprint density at radius 3 is 2.56 bits per heavy atom. The first-order valence-corrected chi connectivity index (χ1v) is 13.4. The van der Waals surface area contributed by atoms with Gasteiger partial charge in [-0.05, 0) is 51.4 Å². The molecule has 1 aliphatic heterocycles. The van der Waals surface area contributed by atoms with Crippen LogP contribution in [0.1, 0.15) is 51.3 Å². The minimum atomic E-state index is -3.39. The van der Waals surface area contributed by atoms with E-state index in [0.29, 0.717) is 24.0 Å². The molecule has 2 heterocycles. The van der Waals surface area contributed by atoms with Crippen LogP contribution in [0.15, 0.2) is 12.4 Å². The third kappa shape index (κ3) is 4.82. The number of aromatic nitrogens is 2. The molecule has 0 radical (unpaired) electrons. The van der Waals surface area contributed by atoms with Crippen molar-refractivity contribution in [2.45, 2.75) is 81.5 Å². The zero-order chi connectivity index (χ0) is 23.1. The van der Waals surface area contributed by atoms with E-state index in [9.17, 15) is 13.5 Å². The molecule has 3 aliphatic rings. The highest BCUT2D eigenvalue weighted by molar-refractivity contribution is 7.88. The molecule has 0 bridgehead atoms. The standard InChI is InChI=1S/C21H33ClN4O5S/c1-13-8-17(25-32(3,28)29)18(26(13)20(27)30-2)12-31-16-5-7-21(6-4-14(21)9-16)19-23-10-15(22)11-24-19/h10-11,13-14,16-18,20,25,27H,4-9,12H2,1-3H3/t13-,14-,16-,17+,18+,20?,21-/m1/s1. The second kappa shape index (κ2) is 9.40. The van der Waals surface area contributed by atoms with Crippen molar-refractivity contribution >= 4 is 21.6 Å². The number of aliphatic hydroxyl groups excluding tert-OH is 1. The average molecular weight is 489 g/mol. The summed E-state index contributed by atoms with van der Waals surface area (Å²) in [5.74, 6) is 1.35. The van der Waals surface area contributed by atoms with Gasteiger partial charge in [0.2, 0.25) is 16.4 Å². The molecule has 9 nitrogen and oxygen atoms in total. The van der Waals surface area contributed by atoms with Crippen LogP contribution in [-0.2, 0) is 24.9 Å². The Kier molecular flexibility index (Phi) is 7.13. The molecule has 2 N–H and O–H groups in total. The molecule has 180 valence electrons. The van der Waals surface area contributed by atoms with Crippen LogP contribution in [-0.4, -0.2) is 79.0 Å². The van der Waals surface area contributed by atoms with Crippen LogP contribution in [0.4, 0.5) is 0 Å². The van der Waals surface area contributed by atoms with E-state index in [1.54, 1.807) is 17.3 Å². The molecule has 1 unspecified atom stereocenters. The summed E-state index contributed by atoms with van der Waals surface area (Å²) < 4.78 is 38.0. The minimum absolute atomic E-state index is 0.0188. The van der Waals surface area contributed by atoms with Crippen LogP contribution in [0.25, 0.3) is 0 Å². The number of nitrogens with one attached hydrogen (secondary N) is 1. The minimum Gasteiger partial charge on any atom is -0.377 e. The maximum Gasteiger partial charge on any atom is 0.216 e. The van der Waals surface area contributed by atoms with E-state index >= 15 is 0 Å². The van der Waals surface area contributed by atoms with E-state index in [2.05, 4.69) is 14.7 Å². The number of aliphatic hydroxyl groups is 1. The van der Waals surface area contributed by atoms with E-state index in [0.717, 1.165) is 44.2 Å². The fourth-order valence-electron chi connectivity index (χ4n) is 5.87. The van der Waals surface area contributed by atoms with Gasteiger partial charge in [-0.25, -0.2) is 28.0 Å². The fraction of sp³-hybridized carbons (Fsp3) is 0.810. The van der Waals surface area contributed by atoms with Gasteiger partial charge in [0.15, 0.2) is 0 Å². The highest BCUT2D eigenvalue weighted by Crippen LogP contribution is 2.56. The topological polar surface area (TPSA) is 114 Å². The summed E-state index contributed by atoms with van der Waals surface area (Å²) in [6.45, 7) is 2.27. The molecular formula is C21H33ClN4O5S. The molecule has 1 aromatic rings. The molecule has 1 saturated heterocycles. The molecule has 11 heteroatoms. The SMILES string of the molecule is COC(O)N1[C@H](C)C[C@H](NS(C)(=O)=O)[C@@H]1CO[C@@H]1CC[C@]2(c3ncc(Cl)cn3)CC[C@@H]2C1. The number of nitrogens with zero attached hydrogens (tertiary/aromatic N) is 3. The lowest BCUT2D eigenvalue weighted by Gasteiger charge is -2.53. The van der Waals surface area contributed by atoms with E-state index in [4.69, 9.17) is 21.1 Å². The number of likely N-dealkylation sites (tertiary alicyclic amines) is 1. The Morgan fingerprint density at radius 1 is 1.31 bits per heavy atom. The molecule has 1 aromatic heterocycles. The van der Waals surface area contributed by atoms with Crippen molar-refractivity contribution in [3.63, 3.8) is 0 Å². The first-order valence-electron chi connectivity index (χ1n) is 11.2. The number of methoxy groups -OCH3 is 1. The predicted molar refractivity (Wildman–Crippen MR) is 120 cm³/mol. The predicted octanol–water partition coefficient (Wildman–Crippen LogP) is 1.65. The third-order valence-electron chi connectivity index (χ3n) is 7.53. The quantitative estimate of drug-likeness (QED) is 0.531. The monoisotopic (exact) mass is 488 g/mol. The summed E-state index contributed by atoms with van der Waals surface area (Å²) in [6.07, 6.45) is 9.01. The average Bonchev–Trinajstić information content (AvgIpc) is 3.01. The van der Waals surface area contributed by atoms with Gasteiger partial charge in [-0.2, -0.15) is 0 Å². The summed E-state index contributed by atoms with van der Waals surface area (Å²) >= 11 is 5.97. The van der Waals surface area contributed by atoms with Gasteiger partial charge in [0.25, 0.3) is 0 Å². The lowest BCUT2D eigenvalue weighted by Crippen LogP contribution is -2.53. The lowest BCUT2D eigenvalue weighted by molar-refractivity contribution is -0.200. The zero-order valence-electron chi connectivity index (χ0n) is 18.8. The van der Waals surface area contributed by atoms with Crippen molar-refractivity contribution in [1.82, 2.24) is 19.6 Å². The molecule has 0 aromatic carbocycles. The van der Waals surface area contributed by atoms with Gasteiger partial charge in [0.1, 0.15) is 5.82 Å². The lowest BCUT2D eigenvalue weighted by atomic mass is 9.53. The maximum absolute atomic E-state index is 11.9. The first kappa shape index (κ1) is 24.3.